The predicted molar refractivity (Wildman–Crippen MR) is 73.4 cm³/mol. The Bertz CT molecular complexity index is 684. The van der Waals surface area contributed by atoms with Gasteiger partial charge >= 0.3 is 6.01 Å². The molecule has 0 aliphatic carbocycles. The first-order chi connectivity index (χ1) is 9.33. The van der Waals surface area contributed by atoms with E-state index < -0.39 is 0 Å². The van der Waals surface area contributed by atoms with E-state index in [4.69, 9.17) is 4.74 Å². The van der Waals surface area contributed by atoms with Gasteiger partial charge in [0.25, 0.3) is 0 Å². The van der Waals surface area contributed by atoms with Crippen molar-refractivity contribution >= 4 is 15.9 Å². The molecular formula is C13H9BrN4O. The van der Waals surface area contributed by atoms with Gasteiger partial charge in [0.15, 0.2) is 0 Å². The lowest BCUT2D eigenvalue weighted by Gasteiger charge is -2.01. The van der Waals surface area contributed by atoms with E-state index in [0.717, 1.165) is 10.2 Å². The van der Waals surface area contributed by atoms with E-state index in [1.165, 1.54) is 0 Å². The second-order valence-electron chi connectivity index (χ2n) is 3.70. The smallest absolute Gasteiger partial charge is 0.342 e. The molecule has 0 bridgehead atoms. The van der Waals surface area contributed by atoms with Crippen LogP contribution in [0.25, 0.3) is 5.69 Å². The van der Waals surface area contributed by atoms with E-state index in [1.807, 2.05) is 42.5 Å². The van der Waals surface area contributed by atoms with E-state index in [1.54, 1.807) is 17.2 Å². The zero-order chi connectivity index (χ0) is 13.1. The molecule has 0 unspecified atom stereocenters. The summed E-state index contributed by atoms with van der Waals surface area (Å²) >= 11 is 3.36. The van der Waals surface area contributed by atoms with Gasteiger partial charge in [0.1, 0.15) is 6.33 Å². The highest BCUT2D eigenvalue weighted by Crippen LogP contribution is 2.24. The second-order valence-corrected chi connectivity index (χ2v) is 4.55. The van der Waals surface area contributed by atoms with E-state index in [-0.39, 0.29) is 6.01 Å². The summed E-state index contributed by atoms with van der Waals surface area (Å²) in [5.41, 5.74) is 0.921. The maximum absolute atomic E-state index is 5.51. The van der Waals surface area contributed by atoms with Gasteiger partial charge in [0.2, 0.25) is 5.88 Å². The highest BCUT2D eigenvalue weighted by molar-refractivity contribution is 9.10. The Hall–Kier alpha value is -2.21. The molecule has 0 amide bonds. The molecule has 0 aliphatic heterocycles. The van der Waals surface area contributed by atoms with Crippen LogP contribution in [0.4, 0.5) is 0 Å². The first kappa shape index (κ1) is 11.9. The van der Waals surface area contributed by atoms with Gasteiger partial charge < -0.3 is 4.74 Å². The molecule has 5 nitrogen and oxygen atoms in total. The summed E-state index contributed by atoms with van der Waals surface area (Å²) in [5, 5.41) is 4.24. The Morgan fingerprint density at radius 1 is 1.00 bits per heavy atom. The van der Waals surface area contributed by atoms with Gasteiger partial charge in [-0.2, -0.15) is 4.98 Å². The number of ether oxygens (including phenoxy) is 1. The maximum Gasteiger partial charge on any atom is 0.342 e. The van der Waals surface area contributed by atoms with Crippen LogP contribution in [0.15, 0.2) is 59.5 Å². The van der Waals surface area contributed by atoms with Crippen molar-refractivity contribution in [3.8, 4) is 17.6 Å². The lowest BCUT2D eigenvalue weighted by molar-refractivity contribution is 0.422. The van der Waals surface area contributed by atoms with Crippen LogP contribution < -0.4 is 4.74 Å². The zero-order valence-electron chi connectivity index (χ0n) is 9.77. The summed E-state index contributed by atoms with van der Waals surface area (Å²) < 4.78 is 7.91. The zero-order valence-corrected chi connectivity index (χ0v) is 11.4. The fourth-order valence-corrected chi connectivity index (χ4v) is 1.87. The van der Waals surface area contributed by atoms with Crippen LogP contribution >= 0.6 is 15.9 Å². The predicted octanol–water partition coefficient (Wildman–Crippen LogP) is 3.22. The molecule has 94 valence electrons. The average Bonchev–Trinajstić information content (AvgIpc) is 2.91. The number of pyridine rings is 1. The Labute approximate surface area is 118 Å². The highest BCUT2D eigenvalue weighted by atomic mass is 79.9. The number of nitrogens with zero attached hydrogens (tertiary/aromatic N) is 4. The summed E-state index contributed by atoms with van der Waals surface area (Å²) in [6.07, 6.45) is 3.25. The van der Waals surface area contributed by atoms with Gasteiger partial charge in [-0.25, -0.2) is 9.67 Å². The quantitative estimate of drug-likeness (QED) is 0.744. The van der Waals surface area contributed by atoms with E-state index in [9.17, 15) is 0 Å². The molecule has 3 rings (SSSR count). The van der Waals surface area contributed by atoms with Crippen LogP contribution in [-0.4, -0.2) is 19.7 Å². The molecule has 0 saturated heterocycles. The van der Waals surface area contributed by atoms with E-state index >= 15 is 0 Å². The molecule has 0 N–H and O–H groups in total. The molecule has 1 aromatic carbocycles. The lowest BCUT2D eigenvalue weighted by Crippen LogP contribution is -1.95. The van der Waals surface area contributed by atoms with Gasteiger partial charge in [0, 0.05) is 6.20 Å². The monoisotopic (exact) mass is 316 g/mol. The molecule has 19 heavy (non-hydrogen) atoms. The van der Waals surface area contributed by atoms with Crippen LogP contribution in [0.3, 0.4) is 0 Å². The molecule has 0 saturated carbocycles. The van der Waals surface area contributed by atoms with Crippen LogP contribution in [-0.2, 0) is 0 Å². The van der Waals surface area contributed by atoms with Crippen LogP contribution in [0.5, 0.6) is 11.9 Å². The first-order valence-electron chi connectivity index (χ1n) is 5.58. The Morgan fingerprint density at radius 3 is 2.63 bits per heavy atom. The second kappa shape index (κ2) is 5.19. The molecule has 3 aromatic rings. The minimum atomic E-state index is 0.253. The minimum Gasteiger partial charge on any atom is -0.403 e. The molecule has 0 atom stereocenters. The van der Waals surface area contributed by atoms with Crippen LogP contribution in [0, 0.1) is 0 Å². The summed E-state index contributed by atoms with van der Waals surface area (Å²) in [6.45, 7) is 0. The third-order valence-electron chi connectivity index (χ3n) is 2.40. The van der Waals surface area contributed by atoms with Gasteiger partial charge in [-0.15, -0.1) is 5.10 Å². The third-order valence-corrected chi connectivity index (χ3v) is 3.01. The molecular weight excluding hydrogens is 308 g/mol. The number of hydrogen-bond donors (Lipinski definition) is 0. The fourth-order valence-electron chi connectivity index (χ4n) is 1.53. The maximum atomic E-state index is 5.51. The number of benzene rings is 1. The number of halogens is 1. The summed E-state index contributed by atoms with van der Waals surface area (Å²) in [4.78, 5) is 8.19. The van der Waals surface area contributed by atoms with Crippen molar-refractivity contribution in [1.82, 2.24) is 19.7 Å². The molecule has 6 heteroatoms. The van der Waals surface area contributed by atoms with E-state index in [0.29, 0.717) is 5.88 Å². The largest absolute Gasteiger partial charge is 0.403 e. The molecule has 2 aromatic heterocycles. The summed E-state index contributed by atoms with van der Waals surface area (Å²) in [7, 11) is 0. The van der Waals surface area contributed by atoms with Crippen molar-refractivity contribution in [2.24, 2.45) is 0 Å². The molecule has 0 spiro atoms. The van der Waals surface area contributed by atoms with Crippen molar-refractivity contribution in [2.45, 2.75) is 0 Å². The number of aromatic nitrogens is 4. The summed E-state index contributed by atoms with van der Waals surface area (Å²) in [5.74, 6) is 0.438. The molecule has 0 fully saturated rings. The Balaban J connectivity index is 1.85. The van der Waals surface area contributed by atoms with Crippen LogP contribution in [0.1, 0.15) is 0 Å². The van der Waals surface area contributed by atoms with Gasteiger partial charge in [-0.05, 0) is 40.2 Å². The Kier molecular flexibility index (Phi) is 3.24. The van der Waals surface area contributed by atoms with Crippen LogP contribution in [0.2, 0.25) is 0 Å². The molecule has 0 aliphatic rings. The number of rotatable bonds is 3. The Morgan fingerprint density at radius 2 is 1.84 bits per heavy atom. The highest BCUT2D eigenvalue weighted by Gasteiger charge is 2.08. The SMILES string of the molecule is Brc1cccnc1Oc1ncn(-c2ccccc2)n1. The topological polar surface area (TPSA) is 52.8 Å². The summed E-state index contributed by atoms with van der Waals surface area (Å²) in [6, 6.07) is 13.6. The third kappa shape index (κ3) is 2.63. The fraction of sp³-hybridized carbons (Fsp3) is 0. The van der Waals surface area contributed by atoms with E-state index in [2.05, 4.69) is 31.0 Å². The number of hydrogen-bond acceptors (Lipinski definition) is 4. The van der Waals surface area contributed by atoms with Gasteiger partial charge in [-0.1, -0.05) is 18.2 Å². The lowest BCUT2D eigenvalue weighted by atomic mass is 10.3. The molecule has 0 radical (unpaired) electrons. The van der Waals surface area contributed by atoms with Crippen molar-refractivity contribution in [2.75, 3.05) is 0 Å². The standard InChI is InChI=1S/C13H9BrN4O/c14-11-7-4-8-15-12(11)19-13-16-9-18(17-13)10-5-2-1-3-6-10/h1-9H. The van der Waals surface area contributed by atoms with Crippen molar-refractivity contribution in [3.05, 3.63) is 59.5 Å². The van der Waals surface area contributed by atoms with Crippen molar-refractivity contribution in [3.63, 3.8) is 0 Å². The normalized spacial score (nSPS) is 10.4. The average molecular weight is 317 g/mol. The van der Waals surface area contributed by atoms with Gasteiger partial charge in [-0.3, -0.25) is 0 Å². The first-order valence-corrected chi connectivity index (χ1v) is 6.38. The minimum absolute atomic E-state index is 0.253. The molecule has 2 heterocycles. The van der Waals surface area contributed by atoms with Crippen molar-refractivity contribution < 1.29 is 4.74 Å². The van der Waals surface area contributed by atoms with Gasteiger partial charge in [0.05, 0.1) is 10.2 Å². The van der Waals surface area contributed by atoms with Crippen molar-refractivity contribution in [1.29, 1.82) is 0 Å². The number of para-hydroxylation sites is 1.